The molecule has 0 aliphatic carbocycles. The Morgan fingerprint density at radius 3 is 2.62 bits per heavy atom. The van der Waals surface area contributed by atoms with Gasteiger partial charge in [-0.15, -0.1) is 0 Å². The highest BCUT2D eigenvalue weighted by atomic mass is 16.2. The molecular weight excluding hydrogens is 264 g/mol. The number of hydrogen-bond donors (Lipinski definition) is 2. The SMILES string of the molecule is CC(C)CNC(=O)NCc1ccccc1Cn1cccn1. The van der Waals surface area contributed by atoms with E-state index in [-0.39, 0.29) is 6.03 Å². The molecule has 2 N–H and O–H groups in total. The lowest BCUT2D eigenvalue weighted by atomic mass is 10.1. The van der Waals surface area contributed by atoms with Crippen LogP contribution in [0.1, 0.15) is 25.0 Å². The number of carbonyl (C=O) groups excluding carboxylic acids is 1. The van der Waals surface area contributed by atoms with Crippen molar-refractivity contribution >= 4 is 6.03 Å². The van der Waals surface area contributed by atoms with E-state index in [1.165, 1.54) is 0 Å². The van der Waals surface area contributed by atoms with Crippen molar-refractivity contribution in [3.8, 4) is 0 Å². The zero-order valence-corrected chi connectivity index (χ0v) is 12.5. The molecule has 5 nitrogen and oxygen atoms in total. The Kier molecular flexibility index (Phi) is 5.37. The monoisotopic (exact) mass is 286 g/mol. The van der Waals surface area contributed by atoms with Gasteiger partial charge in [0.05, 0.1) is 6.54 Å². The van der Waals surface area contributed by atoms with E-state index in [0.29, 0.717) is 25.6 Å². The van der Waals surface area contributed by atoms with Gasteiger partial charge < -0.3 is 10.6 Å². The van der Waals surface area contributed by atoms with Crippen LogP contribution >= 0.6 is 0 Å². The van der Waals surface area contributed by atoms with E-state index in [4.69, 9.17) is 0 Å². The van der Waals surface area contributed by atoms with Crippen molar-refractivity contribution in [3.05, 3.63) is 53.9 Å². The number of hydrogen-bond acceptors (Lipinski definition) is 2. The molecule has 0 spiro atoms. The Morgan fingerprint density at radius 1 is 1.19 bits per heavy atom. The van der Waals surface area contributed by atoms with Gasteiger partial charge in [0.15, 0.2) is 0 Å². The molecule has 0 bridgehead atoms. The Hall–Kier alpha value is -2.30. The fourth-order valence-corrected chi connectivity index (χ4v) is 1.99. The summed E-state index contributed by atoms with van der Waals surface area (Å²) >= 11 is 0. The second kappa shape index (κ2) is 7.47. The normalized spacial score (nSPS) is 10.6. The molecule has 5 heteroatoms. The highest BCUT2D eigenvalue weighted by Gasteiger charge is 2.05. The van der Waals surface area contributed by atoms with Crippen LogP contribution in [0.5, 0.6) is 0 Å². The average Bonchev–Trinajstić information content (AvgIpc) is 2.97. The predicted octanol–water partition coefficient (Wildman–Crippen LogP) is 2.39. The number of benzene rings is 1. The zero-order chi connectivity index (χ0) is 15.1. The summed E-state index contributed by atoms with van der Waals surface area (Å²) in [4.78, 5) is 11.7. The van der Waals surface area contributed by atoms with E-state index in [0.717, 1.165) is 11.1 Å². The minimum absolute atomic E-state index is 0.127. The Balaban J connectivity index is 1.92. The van der Waals surface area contributed by atoms with Crippen molar-refractivity contribution < 1.29 is 4.79 Å². The smallest absolute Gasteiger partial charge is 0.315 e. The molecule has 2 amide bonds. The number of urea groups is 1. The first kappa shape index (κ1) is 15.1. The van der Waals surface area contributed by atoms with Crippen LogP contribution in [0.15, 0.2) is 42.7 Å². The first-order chi connectivity index (χ1) is 10.1. The topological polar surface area (TPSA) is 59.0 Å². The number of carbonyl (C=O) groups is 1. The van der Waals surface area contributed by atoms with Gasteiger partial charge in [-0.2, -0.15) is 5.10 Å². The lowest BCUT2D eigenvalue weighted by molar-refractivity contribution is 0.239. The van der Waals surface area contributed by atoms with Crippen LogP contribution in [-0.2, 0) is 13.1 Å². The van der Waals surface area contributed by atoms with Gasteiger partial charge in [0.1, 0.15) is 0 Å². The van der Waals surface area contributed by atoms with Crippen molar-refractivity contribution in [3.63, 3.8) is 0 Å². The molecule has 1 aromatic carbocycles. The van der Waals surface area contributed by atoms with Crippen LogP contribution in [0, 0.1) is 5.92 Å². The summed E-state index contributed by atoms with van der Waals surface area (Å²) in [7, 11) is 0. The number of amides is 2. The molecule has 0 unspecified atom stereocenters. The van der Waals surface area contributed by atoms with E-state index in [2.05, 4.69) is 35.6 Å². The predicted molar refractivity (Wildman–Crippen MR) is 82.8 cm³/mol. The number of nitrogens with zero attached hydrogens (tertiary/aromatic N) is 2. The van der Waals surface area contributed by atoms with Gasteiger partial charge >= 0.3 is 6.03 Å². The van der Waals surface area contributed by atoms with Gasteiger partial charge in [-0.05, 0) is 23.1 Å². The average molecular weight is 286 g/mol. The first-order valence-electron chi connectivity index (χ1n) is 7.21. The van der Waals surface area contributed by atoms with Gasteiger partial charge in [0.2, 0.25) is 0 Å². The van der Waals surface area contributed by atoms with Crippen molar-refractivity contribution in [1.29, 1.82) is 0 Å². The molecule has 112 valence electrons. The summed E-state index contributed by atoms with van der Waals surface area (Å²) < 4.78 is 1.87. The minimum Gasteiger partial charge on any atom is -0.338 e. The van der Waals surface area contributed by atoms with Crippen molar-refractivity contribution in [2.45, 2.75) is 26.9 Å². The Morgan fingerprint density at radius 2 is 1.95 bits per heavy atom. The maximum Gasteiger partial charge on any atom is 0.315 e. The van der Waals surface area contributed by atoms with Crippen molar-refractivity contribution in [2.75, 3.05) is 6.54 Å². The molecule has 0 saturated heterocycles. The molecule has 2 aromatic rings. The molecule has 0 saturated carbocycles. The number of rotatable bonds is 6. The summed E-state index contributed by atoms with van der Waals surface area (Å²) in [6.45, 7) is 6.04. The highest BCUT2D eigenvalue weighted by Crippen LogP contribution is 2.10. The second-order valence-electron chi connectivity index (χ2n) is 5.43. The number of nitrogens with one attached hydrogen (secondary N) is 2. The van der Waals surface area contributed by atoms with Crippen LogP contribution in [0.2, 0.25) is 0 Å². The van der Waals surface area contributed by atoms with E-state index in [1.54, 1.807) is 6.20 Å². The maximum atomic E-state index is 11.7. The second-order valence-corrected chi connectivity index (χ2v) is 5.43. The molecule has 21 heavy (non-hydrogen) atoms. The third-order valence-corrected chi connectivity index (χ3v) is 3.12. The molecule has 1 heterocycles. The summed E-state index contributed by atoms with van der Waals surface area (Å²) in [6, 6.07) is 9.85. The molecule has 0 fully saturated rings. The van der Waals surface area contributed by atoms with Crippen LogP contribution in [-0.4, -0.2) is 22.4 Å². The van der Waals surface area contributed by atoms with Crippen molar-refractivity contribution in [2.24, 2.45) is 5.92 Å². The summed E-state index contributed by atoms with van der Waals surface area (Å²) in [5, 5.41) is 9.96. The highest BCUT2D eigenvalue weighted by molar-refractivity contribution is 5.73. The van der Waals surface area contributed by atoms with Crippen LogP contribution in [0.25, 0.3) is 0 Å². The van der Waals surface area contributed by atoms with E-state index >= 15 is 0 Å². The Bertz CT molecular complexity index is 563. The van der Waals surface area contributed by atoms with E-state index in [1.807, 2.05) is 35.1 Å². The quantitative estimate of drug-likeness (QED) is 0.856. The molecule has 2 rings (SSSR count). The molecule has 1 aromatic heterocycles. The largest absolute Gasteiger partial charge is 0.338 e. The molecule has 0 atom stereocenters. The van der Waals surface area contributed by atoms with Gasteiger partial charge in [-0.3, -0.25) is 4.68 Å². The van der Waals surface area contributed by atoms with Crippen LogP contribution in [0.3, 0.4) is 0 Å². The third-order valence-electron chi connectivity index (χ3n) is 3.12. The summed E-state index contributed by atoms with van der Waals surface area (Å²) in [6.07, 6.45) is 3.69. The lowest BCUT2D eigenvalue weighted by Gasteiger charge is -2.12. The molecule has 0 aliphatic rings. The van der Waals surface area contributed by atoms with Gasteiger partial charge in [0, 0.05) is 25.5 Å². The molecule has 0 aliphatic heterocycles. The fraction of sp³-hybridized carbons (Fsp3) is 0.375. The summed E-state index contributed by atoms with van der Waals surface area (Å²) in [5.74, 6) is 0.447. The molecular formula is C16H22N4O. The van der Waals surface area contributed by atoms with Crippen LogP contribution < -0.4 is 10.6 Å². The fourth-order valence-electron chi connectivity index (χ4n) is 1.99. The van der Waals surface area contributed by atoms with Gasteiger partial charge in [-0.25, -0.2) is 4.79 Å². The van der Waals surface area contributed by atoms with Crippen molar-refractivity contribution in [1.82, 2.24) is 20.4 Å². The number of aromatic nitrogens is 2. The lowest BCUT2D eigenvalue weighted by Crippen LogP contribution is -2.37. The first-order valence-corrected chi connectivity index (χ1v) is 7.21. The standard InChI is InChI=1S/C16H22N4O/c1-13(2)10-17-16(21)18-11-14-6-3-4-7-15(14)12-20-9-5-8-19-20/h3-9,13H,10-12H2,1-2H3,(H2,17,18,21). The van der Waals surface area contributed by atoms with Gasteiger partial charge in [0.25, 0.3) is 0 Å². The van der Waals surface area contributed by atoms with Gasteiger partial charge in [-0.1, -0.05) is 38.1 Å². The summed E-state index contributed by atoms with van der Waals surface area (Å²) in [5.41, 5.74) is 2.26. The minimum atomic E-state index is -0.127. The van der Waals surface area contributed by atoms with E-state index in [9.17, 15) is 4.79 Å². The Labute approximate surface area is 125 Å². The maximum absolute atomic E-state index is 11.7. The van der Waals surface area contributed by atoms with Crippen LogP contribution in [0.4, 0.5) is 4.79 Å². The molecule has 0 radical (unpaired) electrons. The third kappa shape index (κ3) is 4.95. The van der Waals surface area contributed by atoms with E-state index < -0.39 is 0 Å². The zero-order valence-electron chi connectivity index (χ0n) is 12.5.